The Labute approximate surface area is 97.5 Å². The van der Waals surface area contributed by atoms with Crippen LogP contribution in [0.2, 0.25) is 0 Å². The average Bonchev–Trinajstić information content (AvgIpc) is 2.66. The number of hydrogen-bond acceptors (Lipinski definition) is 4. The quantitative estimate of drug-likeness (QED) is 0.738. The second kappa shape index (κ2) is 4.96. The van der Waals surface area contributed by atoms with Gasteiger partial charge in [0.15, 0.2) is 5.65 Å². The van der Waals surface area contributed by atoms with Gasteiger partial charge in [-0.25, -0.2) is 9.78 Å². The zero-order valence-electron chi connectivity index (χ0n) is 9.99. The zero-order chi connectivity index (χ0) is 11.7. The van der Waals surface area contributed by atoms with Gasteiger partial charge in [0.1, 0.15) is 5.52 Å². The maximum atomic E-state index is 12.0. The summed E-state index contributed by atoms with van der Waals surface area (Å²) in [7, 11) is 0. The number of rotatable bonds is 3. The van der Waals surface area contributed by atoms with Gasteiger partial charge in [-0.1, -0.05) is 13.3 Å². The summed E-state index contributed by atoms with van der Waals surface area (Å²) in [6.07, 6.45) is 3.12. The Hall–Kier alpha value is -1.89. The minimum Gasteiger partial charge on any atom is -0.344 e. The lowest BCUT2D eigenvalue weighted by molar-refractivity contribution is 0.469. The molecule has 7 heteroatoms. The number of aromatic nitrogens is 4. The topological polar surface area (TPSA) is 119 Å². The van der Waals surface area contributed by atoms with E-state index in [1.165, 1.54) is 10.9 Å². The van der Waals surface area contributed by atoms with E-state index in [1.54, 1.807) is 0 Å². The molecule has 1 atom stereocenters. The lowest BCUT2D eigenvalue weighted by atomic mass is 10.2. The number of nitrogens with zero attached hydrogens (tertiary/aromatic N) is 2. The molecule has 2 rings (SSSR count). The van der Waals surface area contributed by atoms with E-state index in [1.807, 2.05) is 13.8 Å². The minimum atomic E-state index is -0.398. The van der Waals surface area contributed by atoms with E-state index in [2.05, 4.69) is 15.0 Å². The van der Waals surface area contributed by atoms with E-state index < -0.39 is 5.69 Å². The van der Waals surface area contributed by atoms with Crippen LogP contribution in [0, 0.1) is 0 Å². The highest BCUT2D eigenvalue weighted by molar-refractivity contribution is 5.67. The molecule has 1 unspecified atom stereocenters. The van der Waals surface area contributed by atoms with Gasteiger partial charge in [0.25, 0.3) is 5.56 Å². The van der Waals surface area contributed by atoms with Gasteiger partial charge in [-0.15, -0.1) is 0 Å². The van der Waals surface area contributed by atoms with Gasteiger partial charge < -0.3 is 11.1 Å². The van der Waals surface area contributed by atoms with Crippen LogP contribution in [0.15, 0.2) is 15.9 Å². The van der Waals surface area contributed by atoms with Crippen molar-refractivity contribution in [2.24, 2.45) is 0 Å². The first-order valence-corrected chi connectivity index (χ1v) is 5.33. The summed E-state index contributed by atoms with van der Waals surface area (Å²) in [4.78, 5) is 32.9. The van der Waals surface area contributed by atoms with Crippen LogP contribution in [0.4, 0.5) is 0 Å². The molecule has 7 nitrogen and oxygen atoms in total. The van der Waals surface area contributed by atoms with Crippen molar-refractivity contribution >= 4 is 11.2 Å². The summed E-state index contributed by atoms with van der Waals surface area (Å²) in [5.41, 5.74) is -0.0414. The molecule has 5 N–H and O–H groups in total. The van der Waals surface area contributed by atoms with Crippen molar-refractivity contribution in [2.45, 2.75) is 32.7 Å². The molecule has 0 saturated carbocycles. The van der Waals surface area contributed by atoms with Crippen molar-refractivity contribution in [3.63, 3.8) is 0 Å². The van der Waals surface area contributed by atoms with Crippen LogP contribution in [0.25, 0.3) is 11.2 Å². The van der Waals surface area contributed by atoms with Crippen molar-refractivity contribution in [2.75, 3.05) is 0 Å². The smallest absolute Gasteiger partial charge is 0.330 e. The maximum absolute atomic E-state index is 12.0. The maximum Gasteiger partial charge on any atom is 0.330 e. The van der Waals surface area contributed by atoms with Gasteiger partial charge in [-0.3, -0.25) is 14.3 Å². The third-order valence-electron chi connectivity index (χ3n) is 2.66. The Morgan fingerprint density at radius 3 is 2.82 bits per heavy atom. The zero-order valence-corrected chi connectivity index (χ0v) is 9.99. The summed E-state index contributed by atoms with van der Waals surface area (Å²) >= 11 is 0. The molecule has 0 aliphatic carbocycles. The molecular formula is C10H17N5O2. The highest BCUT2D eigenvalue weighted by atomic mass is 16.2. The van der Waals surface area contributed by atoms with Gasteiger partial charge in [0, 0.05) is 6.04 Å². The van der Waals surface area contributed by atoms with Gasteiger partial charge in [-0.2, -0.15) is 0 Å². The first-order chi connectivity index (χ1) is 7.65. The van der Waals surface area contributed by atoms with Crippen LogP contribution in [-0.4, -0.2) is 19.5 Å². The SMILES string of the molecule is CCCC(C)n1c(=O)[nH]c2nc[nH]c2c1=O.N. The van der Waals surface area contributed by atoms with E-state index >= 15 is 0 Å². The van der Waals surface area contributed by atoms with Crippen molar-refractivity contribution < 1.29 is 0 Å². The number of imidazole rings is 1. The first kappa shape index (κ1) is 13.2. The summed E-state index contributed by atoms with van der Waals surface area (Å²) in [5, 5.41) is 0. The molecule has 2 aromatic rings. The first-order valence-electron chi connectivity index (χ1n) is 5.33. The highest BCUT2D eigenvalue weighted by Crippen LogP contribution is 2.08. The predicted octanol–water partition coefficient (Wildman–Crippen LogP) is 0.936. The number of aromatic amines is 2. The summed E-state index contributed by atoms with van der Waals surface area (Å²) in [6, 6.07) is -0.103. The molecule has 0 aromatic carbocycles. The van der Waals surface area contributed by atoms with Crippen molar-refractivity contribution in [3.8, 4) is 0 Å². The number of nitrogens with one attached hydrogen (secondary N) is 2. The van der Waals surface area contributed by atoms with Crippen LogP contribution in [0.1, 0.15) is 32.7 Å². The molecular weight excluding hydrogens is 222 g/mol. The summed E-state index contributed by atoms with van der Waals surface area (Å²) < 4.78 is 1.24. The largest absolute Gasteiger partial charge is 0.344 e. The molecule has 2 aromatic heterocycles. The lowest BCUT2D eigenvalue weighted by Gasteiger charge is -2.12. The predicted molar refractivity (Wildman–Crippen MR) is 65.6 cm³/mol. The normalized spacial score (nSPS) is 12.4. The van der Waals surface area contributed by atoms with Crippen LogP contribution >= 0.6 is 0 Å². The Balaban J connectivity index is 0.00000144. The molecule has 0 radical (unpaired) electrons. The minimum absolute atomic E-state index is 0. The molecule has 2 heterocycles. The lowest BCUT2D eigenvalue weighted by Crippen LogP contribution is -2.37. The van der Waals surface area contributed by atoms with Crippen LogP contribution in [0.3, 0.4) is 0 Å². The molecule has 0 saturated heterocycles. The molecule has 0 aliphatic rings. The van der Waals surface area contributed by atoms with Gasteiger partial charge in [-0.05, 0) is 13.3 Å². The van der Waals surface area contributed by atoms with Crippen LogP contribution in [0.5, 0.6) is 0 Å². The molecule has 0 spiro atoms. The van der Waals surface area contributed by atoms with E-state index in [0.29, 0.717) is 11.2 Å². The third kappa shape index (κ3) is 2.14. The van der Waals surface area contributed by atoms with Gasteiger partial charge >= 0.3 is 5.69 Å². The van der Waals surface area contributed by atoms with E-state index in [9.17, 15) is 9.59 Å². The fraction of sp³-hybridized carbons (Fsp3) is 0.500. The van der Waals surface area contributed by atoms with E-state index in [4.69, 9.17) is 0 Å². The number of fused-ring (bicyclic) bond motifs is 1. The fourth-order valence-corrected chi connectivity index (χ4v) is 1.87. The highest BCUT2D eigenvalue weighted by Gasteiger charge is 2.13. The monoisotopic (exact) mass is 239 g/mol. The number of H-pyrrole nitrogens is 2. The second-order valence-electron chi connectivity index (χ2n) is 3.87. The Morgan fingerprint density at radius 2 is 2.18 bits per heavy atom. The summed E-state index contributed by atoms with van der Waals surface area (Å²) in [6.45, 7) is 3.88. The molecule has 0 amide bonds. The van der Waals surface area contributed by atoms with Crippen molar-refractivity contribution in [1.29, 1.82) is 0 Å². The second-order valence-corrected chi connectivity index (χ2v) is 3.87. The van der Waals surface area contributed by atoms with E-state index in [-0.39, 0.29) is 17.8 Å². The standard InChI is InChI=1S/C10H14N4O2.H3N/c1-3-4-6(2)14-9(15)7-8(12-5-11-7)13-10(14)16;/h5-6H,3-4H2,1-2H3,(H,11,12)(H,13,16);1H3. The molecule has 0 fully saturated rings. The summed E-state index contributed by atoms with van der Waals surface area (Å²) in [5.74, 6) is 0. The number of hydrogen-bond donors (Lipinski definition) is 3. The third-order valence-corrected chi connectivity index (χ3v) is 2.66. The Kier molecular flexibility index (Phi) is 3.84. The van der Waals surface area contributed by atoms with Gasteiger partial charge in [0.05, 0.1) is 6.33 Å². The van der Waals surface area contributed by atoms with Gasteiger partial charge in [0.2, 0.25) is 0 Å². The van der Waals surface area contributed by atoms with Crippen molar-refractivity contribution in [1.82, 2.24) is 25.7 Å². The molecule has 94 valence electrons. The van der Waals surface area contributed by atoms with Crippen LogP contribution < -0.4 is 17.4 Å². The Morgan fingerprint density at radius 1 is 1.47 bits per heavy atom. The Bertz CT molecular complexity index is 609. The van der Waals surface area contributed by atoms with Crippen LogP contribution in [-0.2, 0) is 0 Å². The molecule has 0 bridgehead atoms. The van der Waals surface area contributed by atoms with Crippen molar-refractivity contribution in [3.05, 3.63) is 27.2 Å². The average molecular weight is 239 g/mol. The molecule has 0 aliphatic heterocycles. The molecule has 17 heavy (non-hydrogen) atoms. The van der Waals surface area contributed by atoms with E-state index in [0.717, 1.165) is 12.8 Å². The fourth-order valence-electron chi connectivity index (χ4n) is 1.87.